The Kier molecular flexibility index (Phi) is 6.30. The Morgan fingerprint density at radius 1 is 1.15 bits per heavy atom. The number of aryl methyl sites for hydroxylation is 1. The maximum Gasteiger partial charge on any atom is 0.258 e. The number of allylic oxidation sites excluding steroid dienone is 2. The fourth-order valence-electron chi connectivity index (χ4n) is 4.59. The number of benzene rings is 2. The molecule has 3 atom stereocenters. The molecular formula is C26H26ClN5O2. The van der Waals surface area contributed by atoms with Crippen LogP contribution >= 0.6 is 11.6 Å². The van der Waals surface area contributed by atoms with Crippen molar-refractivity contribution in [1.29, 1.82) is 0 Å². The maximum absolute atomic E-state index is 13.1. The Labute approximate surface area is 203 Å². The average Bonchev–Trinajstić information content (AvgIpc) is 3.27. The largest absolute Gasteiger partial charge is 0.425 e. The second-order valence-electron chi connectivity index (χ2n) is 8.53. The van der Waals surface area contributed by atoms with E-state index in [9.17, 15) is 4.79 Å². The highest BCUT2D eigenvalue weighted by atomic mass is 35.5. The van der Waals surface area contributed by atoms with Gasteiger partial charge in [0, 0.05) is 31.8 Å². The van der Waals surface area contributed by atoms with Crippen LogP contribution in [0.1, 0.15) is 51.6 Å². The number of hydrogen-bond donors (Lipinski definition) is 1. The van der Waals surface area contributed by atoms with Crippen molar-refractivity contribution in [3.05, 3.63) is 89.2 Å². The molecule has 2 heterocycles. The van der Waals surface area contributed by atoms with Gasteiger partial charge in [0.25, 0.3) is 5.91 Å². The lowest BCUT2D eigenvalue weighted by molar-refractivity contribution is 0.0993. The van der Waals surface area contributed by atoms with Gasteiger partial charge in [0.2, 0.25) is 11.8 Å². The summed E-state index contributed by atoms with van der Waals surface area (Å²) < 4.78 is 5.55. The highest BCUT2D eigenvalue weighted by Gasteiger charge is 2.30. The molecule has 34 heavy (non-hydrogen) atoms. The number of aromatic nitrogens is 2. The van der Waals surface area contributed by atoms with Crippen molar-refractivity contribution >= 4 is 28.9 Å². The van der Waals surface area contributed by atoms with Gasteiger partial charge in [0.1, 0.15) is 0 Å². The van der Waals surface area contributed by atoms with E-state index in [0.29, 0.717) is 36.9 Å². The SMILES string of the molecule is Cc1nnc(C2C=CC(=NCCNC3c4ccccc4C(=O)N(C)c4ccccc43)C(Cl)C2)o1. The highest BCUT2D eigenvalue weighted by molar-refractivity contribution is 6.34. The van der Waals surface area contributed by atoms with Crippen LogP contribution in [0.5, 0.6) is 0 Å². The van der Waals surface area contributed by atoms with Crippen molar-refractivity contribution in [3.8, 4) is 0 Å². The molecule has 0 saturated carbocycles. The Morgan fingerprint density at radius 2 is 1.91 bits per heavy atom. The molecule has 0 spiro atoms. The summed E-state index contributed by atoms with van der Waals surface area (Å²) in [5.41, 5.74) is 4.52. The summed E-state index contributed by atoms with van der Waals surface area (Å²) in [5, 5.41) is 11.4. The molecule has 7 nitrogen and oxygen atoms in total. The number of rotatable bonds is 5. The summed E-state index contributed by atoms with van der Waals surface area (Å²) in [6, 6.07) is 15.7. The summed E-state index contributed by atoms with van der Waals surface area (Å²) in [6.45, 7) is 2.98. The lowest BCUT2D eigenvalue weighted by Crippen LogP contribution is -2.27. The lowest BCUT2D eigenvalue weighted by atomic mass is 9.94. The molecule has 0 saturated heterocycles. The number of nitrogens with zero attached hydrogens (tertiary/aromatic N) is 4. The molecular weight excluding hydrogens is 450 g/mol. The average molecular weight is 476 g/mol. The van der Waals surface area contributed by atoms with Gasteiger partial charge in [-0.1, -0.05) is 42.5 Å². The van der Waals surface area contributed by atoms with E-state index < -0.39 is 0 Å². The molecule has 0 bridgehead atoms. The number of fused-ring (bicyclic) bond motifs is 2. The zero-order chi connectivity index (χ0) is 23.7. The molecule has 1 amide bonds. The number of amides is 1. The molecule has 1 aromatic heterocycles. The van der Waals surface area contributed by atoms with Gasteiger partial charge in [-0.3, -0.25) is 9.79 Å². The Balaban J connectivity index is 1.32. The maximum atomic E-state index is 13.1. The molecule has 1 aliphatic heterocycles. The van der Waals surface area contributed by atoms with Crippen LogP contribution in [-0.2, 0) is 0 Å². The number of para-hydroxylation sites is 1. The number of carbonyl (C=O) groups is 1. The summed E-state index contributed by atoms with van der Waals surface area (Å²) in [4.78, 5) is 19.5. The van der Waals surface area contributed by atoms with E-state index in [1.54, 1.807) is 11.8 Å². The zero-order valence-electron chi connectivity index (χ0n) is 19.1. The predicted molar refractivity (Wildman–Crippen MR) is 133 cm³/mol. The number of anilines is 1. The smallest absolute Gasteiger partial charge is 0.258 e. The van der Waals surface area contributed by atoms with Crippen LogP contribution in [0.3, 0.4) is 0 Å². The lowest BCUT2D eigenvalue weighted by Gasteiger charge is -2.22. The minimum atomic E-state index is -0.215. The first kappa shape index (κ1) is 22.5. The molecule has 0 radical (unpaired) electrons. The second kappa shape index (κ2) is 9.52. The minimum Gasteiger partial charge on any atom is -0.425 e. The Morgan fingerprint density at radius 3 is 2.68 bits per heavy atom. The molecule has 5 rings (SSSR count). The quantitative estimate of drug-likeness (QED) is 0.435. The summed E-state index contributed by atoms with van der Waals surface area (Å²) >= 11 is 6.61. The van der Waals surface area contributed by atoms with Gasteiger partial charge in [-0.05, 0) is 35.8 Å². The molecule has 1 aliphatic carbocycles. The van der Waals surface area contributed by atoms with Crippen LogP contribution in [0, 0.1) is 6.92 Å². The number of aliphatic imine (C=N–C) groups is 1. The molecule has 3 unspecified atom stereocenters. The number of carbonyl (C=O) groups excluding carboxylic acids is 1. The second-order valence-corrected chi connectivity index (χ2v) is 9.06. The number of hydrogen-bond acceptors (Lipinski definition) is 6. The monoisotopic (exact) mass is 475 g/mol. The van der Waals surface area contributed by atoms with E-state index in [1.165, 1.54) is 0 Å². The van der Waals surface area contributed by atoms with Crippen LogP contribution in [0.2, 0.25) is 0 Å². The zero-order valence-corrected chi connectivity index (χ0v) is 19.9. The Hall–Kier alpha value is -3.29. The van der Waals surface area contributed by atoms with Gasteiger partial charge in [-0.2, -0.15) is 0 Å². The van der Waals surface area contributed by atoms with E-state index in [4.69, 9.17) is 21.0 Å². The molecule has 2 aromatic carbocycles. The summed E-state index contributed by atoms with van der Waals surface area (Å²) in [6.07, 6.45) is 4.65. The van der Waals surface area contributed by atoms with E-state index in [2.05, 4.69) is 21.6 Å². The van der Waals surface area contributed by atoms with Crippen molar-refractivity contribution in [2.45, 2.75) is 30.7 Å². The van der Waals surface area contributed by atoms with Crippen molar-refractivity contribution in [2.75, 3.05) is 25.0 Å². The van der Waals surface area contributed by atoms with E-state index in [0.717, 1.165) is 22.5 Å². The highest BCUT2D eigenvalue weighted by Crippen LogP contribution is 2.36. The Bertz CT molecular complexity index is 1270. The molecule has 0 fully saturated rings. The van der Waals surface area contributed by atoms with Crippen molar-refractivity contribution in [1.82, 2.24) is 15.5 Å². The normalized spacial score (nSPS) is 23.0. The molecule has 8 heteroatoms. The van der Waals surface area contributed by atoms with Crippen LogP contribution < -0.4 is 10.2 Å². The van der Waals surface area contributed by atoms with E-state index in [-0.39, 0.29) is 23.2 Å². The van der Waals surface area contributed by atoms with E-state index >= 15 is 0 Å². The topological polar surface area (TPSA) is 83.6 Å². The fourth-order valence-corrected chi connectivity index (χ4v) is 4.92. The number of alkyl halides is 1. The van der Waals surface area contributed by atoms with Crippen LogP contribution in [0.15, 0.2) is 70.1 Å². The van der Waals surface area contributed by atoms with Crippen LogP contribution in [-0.4, -0.2) is 47.3 Å². The molecule has 3 aromatic rings. The van der Waals surface area contributed by atoms with E-state index in [1.807, 2.05) is 61.7 Å². The summed E-state index contributed by atoms with van der Waals surface area (Å²) in [5.74, 6) is 1.14. The van der Waals surface area contributed by atoms with Crippen molar-refractivity contribution in [2.24, 2.45) is 4.99 Å². The van der Waals surface area contributed by atoms with Gasteiger partial charge in [-0.15, -0.1) is 21.8 Å². The van der Waals surface area contributed by atoms with Gasteiger partial charge < -0.3 is 14.6 Å². The first-order valence-electron chi connectivity index (χ1n) is 11.4. The molecule has 2 aliphatic rings. The van der Waals surface area contributed by atoms with Gasteiger partial charge in [0.05, 0.1) is 29.6 Å². The fraction of sp³-hybridized carbons (Fsp3) is 0.308. The van der Waals surface area contributed by atoms with Crippen LogP contribution in [0.4, 0.5) is 5.69 Å². The minimum absolute atomic E-state index is 0.00378. The predicted octanol–water partition coefficient (Wildman–Crippen LogP) is 4.44. The first-order valence-corrected chi connectivity index (χ1v) is 11.8. The first-order chi connectivity index (χ1) is 16.5. The number of nitrogens with one attached hydrogen (secondary N) is 1. The van der Waals surface area contributed by atoms with Crippen molar-refractivity contribution in [3.63, 3.8) is 0 Å². The molecule has 1 N–H and O–H groups in total. The van der Waals surface area contributed by atoms with Gasteiger partial charge in [-0.25, -0.2) is 0 Å². The standard InChI is InChI=1S/C26H26ClN5O2/c1-16-30-31-25(34-16)17-11-12-22(21(27)15-17)28-13-14-29-24-18-7-3-4-8-19(18)26(33)32(2)23-10-6-5-9-20(23)24/h3-12,17,21,24,29H,13-15H2,1-2H3. The van der Waals surface area contributed by atoms with Crippen molar-refractivity contribution < 1.29 is 9.21 Å². The third-order valence-electron chi connectivity index (χ3n) is 6.31. The third kappa shape index (κ3) is 4.29. The molecule has 174 valence electrons. The third-order valence-corrected chi connectivity index (χ3v) is 6.71. The van der Waals surface area contributed by atoms with Crippen LogP contribution in [0.25, 0.3) is 0 Å². The van der Waals surface area contributed by atoms with Gasteiger partial charge in [0.15, 0.2) is 0 Å². The van der Waals surface area contributed by atoms with Gasteiger partial charge >= 0.3 is 0 Å². The number of halogens is 1. The summed E-state index contributed by atoms with van der Waals surface area (Å²) in [7, 11) is 1.82.